The van der Waals surface area contributed by atoms with Crippen molar-refractivity contribution in [3.8, 4) is 34.5 Å². The van der Waals surface area contributed by atoms with Crippen LogP contribution in [0, 0.1) is 0 Å². The molecule has 1 aliphatic heterocycles. The molecular formula is C22H19N5O5. The molecule has 5 rings (SSSR count). The summed E-state index contributed by atoms with van der Waals surface area (Å²) < 4.78 is 27.2. The van der Waals surface area contributed by atoms with E-state index in [-0.39, 0.29) is 12.8 Å². The maximum Gasteiger partial charge on any atom is 0.320 e. The Bertz CT molecular complexity index is 1240. The molecule has 2 aromatic heterocycles. The Morgan fingerprint density at radius 3 is 2.47 bits per heavy atom. The molecule has 2 N–H and O–H groups in total. The normalized spacial score (nSPS) is 11.8. The Kier molecular flexibility index (Phi) is 5.08. The molecule has 1 aliphatic rings. The number of fused-ring (bicyclic) bond motifs is 1. The third-order valence-corrected chi connectivity index (χ3v) is 4.70. The van der Waals surface area contributed by atoms with Crippen LogP contribution < -0.4 is 29.6 Å². The summed E-state index contributed by atoms with van der Waals surface area (Å²) in [4.78, 5) is 4.42. The van der Waals surface area contributed by atoms with Gasteiger partial charge >= 0.3 is 6.01 Å². The Labute approximate surface area is 183 Å². The second kappa shape index (κ2) is 8.34. The standard InChI is InChI=1S/C22H19N5O5/c1-28-15-8-14(9-16(11-15)29-2)24-20-17(4-3-7-23-20)21-26-27-22(32-21)25-13-5-6-18-19(10-13)31-12-30-18/h3-11H,12H2,1-2H3,(H,23,24)(H,25,27). The molecule has 0 saturated heterocycles. The molecule has 32 heavy (non-hydrogen) atoms. The molecule has 10 heteroatoms. The number of anilines is 4. The van der Waals surface area contributed by atoms with Crippen LogP contribution in [-0.4, -0.2) is 36.2 Å². The van der Waals surface area contributed by atoms with Crippen LogP contribution in [0.5, 0.6) is 23.0 Å². The Hall–Kier alpha value is -4.47. The highest BCUT2D eigenvalue weighted by Gasteiger charge is 2.17. The minimum atomic E-state index is 0.208. The van der Waals surface area contributed by atoms with Crippen molar-refractivity contribution >= 4 is 23.2 Å². The van der Waals surface area contributed by atoms with Crippen LogP contribution in [0.1, 0.15) is 0 Å². The number of benzene rings is 2. The fourth-order valence-electron chi connectivity index (χ4n) is 3.17. The van der Waals surface area contributed by atoms with Gasteiger partial charge < -0.3 is 34.0 Å². The van der Waals surface area contributed by atoms with Gasteiger partial charge in [0.15, 0.2) is 11.5 Å². The van der Waals surface area contributed by atoms with E-state index in [4.69, 9.17) is 23.4 Å². The van der Waals surface area contributed by atoms with Gasteiger partial charge in [-0.2, -0.15) is 0 Å². The highest BCUT2D eigenvalue weighted by Crippen LogP contribution is 2.36. The number of hydrogen-bond donors (Lipinski definition) is 2. The van der Waals surface area contributed by atoms with E-state index >= 15 is 0 Å². The number of aromatic nitrogens is 3. The second-order valence-electron chi connectivity index (χ2n) is 6.73. The first kappa shape index (κ1) is 19.5. The van der Waals surface area contributed by atoms with Crippen molar-refractivity contribution in [2.24, 2.45) is 0 Å². The number of nitrogens with one attached hydrogen (secondary N) is 2. The van der Waals surface area contributed by atoms with Crippen LogP contribution in [0.25, 0.3) is 11.5 Å². The first-order valence-electron chi connectivity index (χ1n) is 9.67. The molecule has 0 spiro atoms. The van der Waals surface area contributed by atoms with E-state index in [9.17, 15) is 0 Å². The van der Waals surface area contributed by atoms with Gasteiger partial charge in [-0.05, 0) is 24.3 Å². The molecule has 0 atom stereocenters. The van der Waals surface area contributed by atoms with E-state index in [0.717, 1.165) is 11.4 Å². The summed E-state index contributed by atoms with van der Waals surface area (Å²) in [6, 6.07) is 14.8. The predicted molar refractivity (Wildman–Crippen MR) is 116 cm³/mol. The van der Waals surface area contributed by atoms with Gasteiger partial charge in [0.05, 0.1) is 19.8 Å². The number of nitrogens with zero attached hydrogens (tertiary/aromatic N) is 3. The maximum absolute atomic E-state index is 5.83. The topological polar surface area (TPSA) is 113 Å². The Morgan fingerprint density at radius 1 is 0.844 bits per heavy atom. The predicted octanol–water partition coefficient (Wildman–Crippen LogP) is 4.36. The van der Waals surface area contributed by atoms with Crippen LogP contribution in [0.3, 0.4) is 0 Å². The van der Waals surface area contributed by atoms with Gasteiger partial charge in [0.2, 0.25) is 6.79 Å². The van der Waals surface area contributed by atoms with Crippen LogP contribution in [0.2, 0.25) is 0 Å². The minimum Gasteiger partial charge on any atom is -0.497 e. The smallest absolute Gasteiger partial charge is 0.320 e. The van der Waals surface area contributed by atoms with Gasteiger partial charge in [-0.3, -0.25) is 0 Å². The zero-order valence-corrected chi connectivity index (χ0v) is 17.3. The quantitative estimate of drug-likeness (QED) is 0.436. The van der Waals surface area contributed by atoms with Crippen molar-refractivity contribution in [3.63, 3.8) is 0 Å². The van der Waals surface area contributed by atoms with E-state index in [1.165, 1.54) is 0 Å². The van der Waals surface area contributed by atoms with Crippen LogP contribution in [0.4, 0.5) is 23.2 Å². The van der Waals surface area contributed by atoms with E-state index in [1.807, 2.05) is 30.3 Å². The number of methoxy groups -OCH3 is 2. The highest BCUT2D eigenvalue weighted by atomic mass is 16.7. The van der Waals surface area contributed by atoms with Gasteiger partial charge in [0, 0.05) is 41.8 Å². The average molecular weight is 433 g/mol. The lowest BCUT2D eigenvalue weighted by atomic mass is 10.2. The highest BCUT2D eigenvalue weighted by molar-refractivity contribution is 5.74. The average Bonchev–Trinajstić information content (AvgIpc) is 3.48. The van der Waals surface area contributed by atoms with Crippen molar-refractivity contribution in [1.29, 1.82) is 0 Å². The molecule has 3 heterocycles. The molecule has 0 radical (unpaired) electrons. The van der Waals surface area contributed by atoms with Gasteiger partial charge in [-0.25, -0.2) is 4.98 Å². The Morgan fingerprint density at radius 2 is 1.66 bits per heavy atom. The summed E-state index contributed by atoms with van der Waals surface area (Å²) in [6.45, 7) is 0.208. The van der Waals surface area contributed by atoms with Gasteiger partial charge in [-0.1, -0.05) is 5.10 Å². The molecule has 0 saturated carbocycles. The SMILES string of the molecule is COc1cc(Nc2ncccc2-c2nnc(Nc3ccc4c(c3)OCO4)o2)cc(OC)c1. The Balaban J connectivity index is 1.39. The number of hydrogen-bond acceptors (Lipinski definition) is 10. The summed E-state index contributed by atoms with van der Waals surface area (Å²) in [6.07, 6.45) is 1.67. The zero-order valence-electron chi connectivity index (χ0n) is 17.3. The fourth-order valence-corrected chi connectivity index (χ4v) is 3.17. The lowest BCUT2D eigenvalue weighted by Gasteiger charge is -2.11. The number of rotatable bonds is 7. The minimum absolute atomic E-state index is 0.208. The molecule has 2 aromatic carbocycles. The van der Waals surface area contributed by atoms with E-state index in [0.29, 0.717) is 40.3 Å². The summed E-state index contributed by atoms with van der Waals surface area (Å²) in [7, 11) is 3.19. The molecule has 0 fully saturated rings. The van der Waals surface area contributed by atoms with Crippen molar-refractivity contribution in [1.82, 2.24) is 15.2 Å². The summed E-state index contributed by atoms with van der Waals surface area (Å²) in [5.41, 5.74) is 2.11. The van der Waals surface area contributed by atoms with Crippen LogP contribution in [-0.2, 0) is 0 Å². The molecule has 0 bridgehead atoms. The molecular weight excluding hydrogens is 414 g/mol. The second-order valence-corrected chi connectivity index (χ2v) is 6.73. The molecule has 10 nitrogen and oxygen atoms in total. The largest absolute Gasteiger partial charge is 0.497 e. The van der Waals surface area contributed by atoms with Gasteiger partial charge in [0.1, 0.15) is 17.3 Å². The van der Waals surface area contributed by atoms with Crippen molar-refractivity contribution in [2.75, 3.05) is 31.6 Å². The lowest BCUT2D eigenvalue weighted by molar-refractivity contribution is 0.174. The van der Waals surface area contributed by atoms with E-state index < -0.39 is 0 Å². The van der Waals surface area contributed by atoms with Gasteiger partial charge in [0.25, 0.3) is 5.89 Å². The molecule has 0 amide bonds. The summed E-state index contributed by atoms with van der Waals surface area (Å²) in [5, 5.41) is 14.6. The molecule has 0 unspecified atom stereocenters. The summed E-state index contributed by atoms with van der Waals surface area (Å²) in [5.74, 6) is 3.50. The van der Waals surface area contributed by atoms with Crippen LogP contribution >= 0.6 is 0 Å². The molecule has 0 aliphatic carbocycles. The fraction of sp³-hybridized carbons (Fsp3) is 0.136. The summed E-state index contributed by atoms with van der Waals surface area (Å²) >= 11 is 0. The maximum atomic E-state index is 5.83. The number of pyridine rings is 1. The molecule has 162 valence electrons. The number of ether oxygens (including phenoxy) is 4. The molecule has 4 aromatic rings. The van der Waals surface area contributed by atoms with E-state index in [2.05, 4.69) is 25.8 Å². The van der Waals surface area contributed by atoms with Crippen molar-refractivity contribution in [3.05, 3.63) is 54.7 Å². The van der Waals surface area contributed by atoms with E-state index in [1.54, 1.807) is 38.6 Å². The monoisotopic (exact) mass is 433 g/mol. The van der Waals surface area contributed by atoms with Crippen molar-refractivity contribution in [2.45, 2.75) is 0 Å². The van der Waals surface area contributed by atoms with Gasteiger partial charge in [-0.15, -0.1) is 5.10 Å². The first-order chi connectivity index (χ1) is 15.7. The van der Waals surface area contributed by atoms with Crippen molar-refractivity contribution < 1.29 is 23.4 Å². The van der Waals surface area contributed by atoms with Crippen LogP contribution in [0.15, 0.2) is 59.1 Å². The first-order valence-corrected chi connectivity index (χ1v) is 9.67. The third kappa shape index (κ3) is 3.93. The lowest BCUT2D eigenvalue weighted by Crippen LogP contribution is -1.98. The third-order valence-electron chi connectivity index (χ3n) is 4.70. The zero-order chi connectivity index (χ0) is 21.9.